The van der Waals surface area contributed by atoms with Crippen molar-refractivity contribution in [2.45, 2.75) is 32.1 Å². The predicted octanol–water partition coefficient (Wildman–Crippen LogP) is 1.96. The number of hydrogen-bond donors (Lipinski definition) is 3. The number of amides is 1. The quantitative estimate of drug-likeness (QED) is 0.531. The molecule has 134 valence electrons. The largest absolute Gasteiger partial charge is 0.351 e. The molecule has 0 spiro atoms. The Kier molecular flexibility index (Phi) is 7.05. The third-order valence-electron chi connectivity index (χ3n) is 3.95. The lowest BCUT2D eigenvalue weighted by molar-refractivity contribution is 0.0954. The third-order valence-corrected chi connectivity index (χ3v) is 4.56. The van der Waals surface area contributed by atoms with E-state index in [0.717, 1.165) is 25.3 Å². The van der Waals surface area contributed by atoms with E-state index >= 15 is 0 Å². The lowest BCUT2D eigenvalue weighted by Crippen LogP contribution is -2.32. The Hall–Kier alpha value is -1.60. The number of unbranched alkanes of at least 4 members (excludes halogenated alkanes) is 1. The number of benzene rings is 1. The number of anilines is 1. The number of rotatable bonds is 11. The summed E-state index contributed by atoms with van der Waals surface area (Å²) in [5.41, 5.74) is 0.959. The van der Waals surface area contributed by atoms with Crippen LogP contribution in [0.4, 0.5) is 5.69 Å². The fourth-order valence-electron chi connectivity index (χ4n) is 2.48. The van der Waals surface area contributed by atoms with Gasteiger partial charge in [-0.2, -0.15) is 0 Å². The minimum atomic E-state index is -3.30. The lowest BCUT2D eigenvalue weighted by atomic mass is 10.2. The minimum absolute atomic E-state index is 0.156. The van der Waals surface area contributed by atoms with Crippen LogP contribution >= 0.6 is 0 Å². The Morgan fingerprint density at radius 2 is 1.79 bits per heavy atom. The number of sulfonamides is 1. The normalized spacial score (nSPS) is 14.4. The second-order valence-electron chi connectivity index (χ2n) is 6.40. The van der Waals surface area contributed by atoms with Crippen molar-refractivity contribution in [1.82, 2.24) is 10.6 Å². The Labute approximate surface area is 144 Å². The number of hydrogen-bond acceptors (Lipinski definition) is 4. The summed E-state index contributed by atoms with van der Waals surface area (Å²) in [6.07, 6.45) is 7.78. The van der Waals surface area contributed by atoms with Crippen LogP contribution in [0.25, 0.3) is 0 Å². The first-order chi connectivity index (χ1) is 11.4. The van der Waals surface area contributed by atoms with E-state index in [1.165, 1.54) is 32.1 Å². The van der Waals surface area contributed by atoms with Crippen LogP contribution in [0.2, 0.25) is 0 Å². The maximum absolute atomic E-state index is 12.0. The maximum Gasteiger partial charge on any atom is 0.251 e. The molecule has 1 fully saturated rings. The highest BCUT2D eigenvalue weighted by Crippen LogP contribution is 2.33. The summed E-state index contributed by atoms with van der Waals surface area (Å²) in [5.74, 6) is 0.847. The van der Waals surface area contributed by atoms with E-state index < -0.39 is 10.0 Å². The molecule has 24 heavy (non-hydrogen) atoms. The Bertz CT molecular complexity index is 625. The van der Waals surface area contributed by atoms with Crippen molar-refractivity contribution < 1.29 is 13.2 Å². The summed E-state index contributed by atoms with van der Waals surface area (Å²) in [4.78, 5) is 12.0. The monoisotopic (exact) mass is 353 g/mol. The zero-order valence-electron chi connectivity index (χ0n) is 14.2. The van der Waals surface area contributed by atoms with E-state index in [9.17, 15) is 13.2 Å². The zero-order chi connectivity index (χ0) is 17.4. The molecule has 0 radical (unpaired) electrons. The zero-order valence-corrected chi connectivity index (χ0v) is 15.0. The van der Waals surface area contributed by atoms with E-state index in [0.29, 0.717) is 17.8 Å². The van der Waals surface area contributed by atoms with Crippen LogP contribution in [0.15, 0.2) is 24.3 Å². The Balaban J connectivity index is 1.57. The van der Waals surface area contributed by atoms with Crippen molar-refractivity contribution in [2.75, 3.05) is 30.6 Å². The molecule has 1 aliphatic carbocycles. The van der Waals surface area contributed by atoms with Gasteiger partial charge >= 0.3 is 0 Å². The van der Waals surface area contributed by atoms with Gasteiger partial charge in [0, 0.05) is 24.3 Å². The molecule has 6 nitrogen and oxygen atoms in total. The third kappa shape index (κ3) is 7.79. The summed E-state index contributed by atoms with van der Waals surface area (Å²) in [6.45, 7) is 2.32. The Morgan fingerprint density at radius 1 is 1.08 bits per heavy atom. The van der Waals surface area contributed by atoms with Gasteiger partial charge in [-0.15, -0.1) is 0 Å². The minimum Gasteiger partial charge on any atom is -0.351 e. The molecule has 0 aromatic heterocycles. The van der Waals surface area contributed by atoms with Gasteiger partial charge in [-0.3, -0.25) is 9.52 Å². The van der Waals surface area contributed by atoms with E-state index in [-0.39, 0.29) is 5.91 Å². The van der Waals surface area contributed by atoms with Crippen molar-refractivity contribution >= 4 is 21.6 Å². The van der Waals surface area contributed by atoms with Crippen LogP contribution in [-0.2, 0) is 10.0 Å². The van der Waals surface area contributed by atoms with Crippen LogP contribution in [0.5, 0.6) is 0 Å². The summed E-state index contributed by atoms with van der Waals surface area (Å²) in [6, 6.07) is 6.37. The summed E-state index contributed by atoms with van der Waals surface area (Å²) in [5, 5.41) is 6.18. The molecule has 1 amide bonds. The van der Waals surface area contributed by atoms with E-state index in [2.05, 4.69) is 15.4 Å². The first-order valence-corrected chi connectivity index (χ1v) is 10.4. The van der Waals surface area contributed by atoms with Crippen LogP contribution in [0.3, 0.4) is 0 Å². The summed E-state index contributed by atoms with van der Waals surface area (Å²) >= 11 is 0. The fourth-order valence-corrected chi connectivity index (χ4v) is 3.05. The molecule has 1 aromatic carbocycles. The van der Waals surface area contributed by atoms with Crippen LogP contribution in [0.1, 0.15) is 42.5 Å². The average molecular weight is 353 g/mol. The molecule has 0 aliphatic heterocycles. The fraction of sp³-hybridized carbons (Fsp3) is 0.588. The highest BCUT2D eigenvalue weighted by Gasteiger charge is 2.19. The summed E-state index contributed by atoms with van der Waals surface area (Å²) < 4.78 is 24.6. The first kappa shape index (κ1) is 18.7. The van der Waals surface area contributed by atoms with Gasteiger partial charge in [0.2, 0.25) is 10.0 Å². The number of carbonyl (C=O) groups is 1. The van der Waals surface area contributed by atoms with Crippen molar-refractivity contribution in [3.05, 3.63) is 29.8 Å². The van der Waals surface area contributed by atoms with Gasteiger partial charge < -0.3 is 10.6 Å². The topological polar surface area (TPSA) is 87.3 Å². The average Bonchev–Trinajstić information content (AvgIpc) is 3.33. The van der Waals surface area contributed by atoms with Gasteiger partial charge in [-0.05, 0) is 43.1 Å². The van der Waals surface area contributed by atoms with Crippen molar-refractivity contribution in [3.63, 3.8) is 0 Å². The lowest BCUT2D eigenvalue weighted by Gasteiger charge is -2.08. The second-order valence-corrected chi connectivity index (χ2v) is 8.15. The molecule has 0 heterocycles. The predicted molar refractivity (Wildman–Crippen MR) is 96.7 cm³/mol. The first-order valence-electron chi connectivity index (χ1n) is 8.51. The van der Waals surface area contributed by atoms with Crippen molar-refractivity contribution in [2.24, 2.45) is 5.92 Å². The number of carbonyl (C=O) groups excluding carboxylic acids is 1. The molecule has 1 aliphatic rings. The molecule has 1 saturated carbocycles. The molecule has 1 aromatic rings. The van der Waals surface area contributed by atoms with Crippen molar-refractivity contribution in [3.8, 4) is 0 Å². The molecule has 7 heteroatoms. The molecular weight excluding hydrogens is 326 g/mol. The standard InChI is InChI=1S/C17H27N3O3S/c1-24(22,23)20-16-9-7-15(8-10-16)17(21)19-13-12-18-11-3-2-4-14-5-6-14/h7-10,14,18,20H,2-6,11-13H2,1H3,(H,19,21). The molecule has 0 bridgehead atoms. The molecule has 0 unspecified atom stereocenters. The van der Waals surface area contributed by atoms with E-state index in [1.54, 1.807) is 24.3 Å². The van der Waals surface area contributed by atoms with Gasteiger partial charge in [0.15, 0.2) is 0 Å². The van der Waals surface area contributed by atoms with E-state index in [4.69, 9.17) is 0 Å². The van der Waals surface area contributed by atoms with Gasteiger partial charge in [-0.25, -0.2) is 8.42 Å². The second kappa shape index (κ2) is 9.03. The SMILES string of the molecule is CS(=O)(=O)Nc1ccc(C(=O)NCCNCCCCC2CC2)cc1. The molecule has 2 rings (SSSR count). The van der Waals surface area contributed by atoms with Gasteiger partial charge in [0.25, 0.3) is 5.91 Å². The Morgan fingerprint density at radius 3 is 2.42 bits per heavy atom. The van der Waals surface area contributed by atoms with Crippen LogP contribution in [-0.4, -0.2) is 40.2 Å². The molecule has 0 atom stereocenters. The van der Waals surface area contributed by atoms with Gasteiger partial charge in [0.1, 0.15) is 0 Å². The smallest absolute Gasteiger partial charge is 0.251 e. The highest BCUT2D eigenvalue weighted by molar-refractivity contribution is 7.92. The molecule has 0 saturated heterocycles. The molecule has 3 N–H and O–H groups in total. The summed E-state index contributed by atoms with van der Waals surface area (Å²) in [7, 11) is -3.30. The maximum atomic E-state index is 12.0. The van der Waals surface area contributed by atoms with Gasteiger partial charge in [0.05, 0.1) is 6.26 Å². The highest BCUT2D eigenvalue weighted by atomic mass is 32.2. The molecular formula is C17H27N3O3S. The van der Waals surface area contributed by atoms with Crippen LogP contribution in [0, 0.1) is 5.92 Å². The van der Waals surface area contributed by atoms with Gasteiger partial charge in [-0.1, -0.05) is 25.7 Å². The van der Waals surface area contributed by atoms with Crippen LogP contribution < -0.4 is 15.4 Å². The van der Waals surface area contributed by atoms with Crippen molar-refractivity contribution in [1.29, 1.82) is 0 Å². The number of nitrogens with one attached hydrogen (secondary N) is 3. The van der Waals surface area contributed by atoms with E-state index in [1.807, 2.05) is 0 Å².